The van der Waals surface area contributed by atoms with Crippen LogP contribution in [0.4, 0.5) is 4.39 Å². The number of aromatic carboxylic acids is 1. The van der Waals surface area contributed by atoms with Crippen molar-refractivity contribution in [2.75, 3.05) is 14.2 Å². The van der Waals surface area contributed by atoms with Gasteiger partial charge < -0.3 is 24.9 Å². The van der Waals surface area contributed by atoms with Gasteiger partial charge in [-0.1, -0.05) is 30.3 Å². The molecule has 0 atom stereocenters. The van der Waals surface area contributed by atoms with Crippen molar-refractivity contribution in [3.05, 3.63) is 107 Å². The number of fused-ring (bicyclic) bond motifs is 1. The average Bonchev–Trinajstić information content (AvgIpc) is 3.34. The third-order valence-electron chi connectivity index (χ3n) is 6.16. The molecule has 0 aliphatic heterocycles. The fraction of sp³-hybridized carbons (Fsp3) is 0.138. The molecular weight excluding hydrogens is 525 g/mol. The van der Waals surface area contributed by atoms with Crippen LogP contribution in [0.15, 0.2) is 78.2 Å². The van der Waals surface area contributed by atoms with Crippen LogP contribution in [-0.2, 0) is 4.74 Å². The van der Waals surface area contributed by atoms with E-state index in [9.17, 15) is 19.1 Å². The summed E-state index contributed by atoms with van der Waals surface area (Å²) >= 11 is 5.75. The van der Waals surface area contributed by atoms with Gasteiger partial charge in [-0.2, -0.15) is 0 Å². The van der Waals surface area contributed by atoms with Crippen LogP contribution in [0.3, 0.4) is 0 Å². The molecule has 0 unspecified atom stereocenters. The Morgan fingerprint density at radius 2 is 1.95 bits per heavy atom. The molecule has 0 saturated carbocycles. The molecular formula is C29H25ClFN3O5. The minimum Gasteiger partial charge on any atom is -0.501 e. The van der Waals surface area contributed by atoms with Crippen molar-refractivity contribution in [1.82, 2.24) is 15.3 Å². The van der Waals surface area contributed by atoms with Crippen molar-refractivity contribution in [2.45, 2.75) is 12.8 Å². The quantitative estimate of drug-likeness (QED) is 0.274. The number of carboxylic acids is 1. The molecule has 1 heterocycles. The van der Waals surface area contributed by atoms with Crippen LogP contribution >= 0.6 is 11.6 Å². The Morgan fingerprint density at radius 3 is 2.59 bits per heavy atom. The van der Waals surface area contributed by atoms with E-state index in [2.05, 4.69) is 21.9 Å². The molecule has 3 N–H and O–H groups in total. The predicted molar refractivity (Wildman–Crippen MR) is 148 cm³/mol. The van der Waals surface area contributed by atoms with Crippen molar-refractivity contribution in [3.63, 3.8) is 0 Å². The van der Waals surface area contributed by atoms with Crippen LogP contribution in [0.5, 0.6) is 5.75 Å². The molecule has 8 nitrogen and oxygen atoms in total. The Kier molecular flexibility index (Phi) is 8.31. The predicted octanol–water partition coefficient (Wildman–Crippen LogP) is 6.20. The number of halogens is 2. The largest absolute Gasteiger partial charge is 0.501 e. The Morgan fingerprint density at radius 1 is 1.15 bits per heavy atom. The zero-order valence-corrected chi connectivity index (χ0v) is 21.9. The second kappa shape index (κ2) is 11.8. The molecule has 0 fully saturated rings. The van der Waals surface area contributed by atoms with Gasteiger partial charge in [-0.05, 0) is 47.9 Å². The van der Waals surface area contributed by atoms with Gasteiger partial charge in [0, 0.05) is 40.9 Å². The summed E-state index contributed by atoms with van der Waals surface area (Å²) in [4.78, 5) is 32.7. The van der Waals surface area contributed by atoms with E-state index in [1.54, 1.807) is 25.3 Å². The van der Waals surface area contributed by atoms with E-state index in [-0.39, 0.29) is 22.4 Å². The molecule has 0 saturated heterocycles. The summed E-state index contributed by atoms with van der Waals surface area (Å²) in [6.45, 7) is 4.11. The number of methoxy groups -OCH3 is 2. The van der Waals surface area contributed by atoms with Gasteiger partial charge in [0.2, 0.25) is 0 Å². The molecule has 2 aromatic carbocycles. The monoisotopic (exact) mass is 549 g/mol. The number of nitrogens with one attached hydrogen (secondary N) is 2. The minimum absolute atomic E-state index is 0.0340. The number of benzene rings is 2. The first-order valence-corrected chi connectivity index (χ1v) is 12.2. The molecule has 4 rings (SSSR count). The van der Waals surface area contributed by atoms with E-state index in [0.29, 0.717) is 46.5 Å². The number of aromatic amines is 1. The fourth-order valence-corrected chi connectivity index (χ4v) is 4.20. The molecule has 0 bridgehead atoms. The highest BCUT2D eigenvalue weighted by molar-refractivity contribution is 6.25. The Hall–Kier alpha value is -4.63. The lowest BCUT2D eigenvalue weighted by Gasteiger charge is -2.16. The minimum atomic E-state index is -1.24. The van der Waals surface area contributed by atoms with Crippen molar-refractivity contribution >= 4 is 45.7 Å². The standard InChI is InChI=1S/C29H25ClFN3O5/c1-16(21(5-4-12-30)27-33-24-14-23(31)26(39-3)15-25(24)34-27)20-11-6-17(13-22(20)29(36)37)28(35)32-18-7-9-19(38-2)10-8-18/h4-7,9,11-15H,1,8,10H2,2-3H3,(H,32,35)(H,33,34)(H,36,37)/b12-4-,21-5+. The van der Waals surface area contributed by atoms with E-state index in [1.165, 1.54) is 49.1 Å². The third kappa shape index (κ3) is 5.94. The SMILES string of the molecule is C=C(/C(=C\C=C/Cl)c1nc2cc(OC)c(F)cc2[nH]1)c1ccc(C(=O)NC2=CC=C(OC)CC2)cc1C(=O)O. The second-order valence-electron chi connectivity index (χ2n) is 8.52. The van der Waals surface area contributed by atoms with Crippen LogP contribution in [0.1, 0.15) is 44.9 Å². The van der Waals surface area contributed by atoms with Gasteiger partial charge in [-0.15, -0.1) is 0 Å². The number of ether oxygens (including phenoxy) is 2. The van der Waals surface area contributed by atoms with Crippen LogP contribution in [0, 0.1) is 5.82 Å². The highest BCUT2D eigenvalue weighted by Gasteiger charge is 2.21. The molecule has 1 amide bonds. The highest BCUT2D eigenvalue weighted by atomic mass is 35.5. The first kappa shape index (κ1) is 27.4. The smallest absolute Gasteiger partial charge is 0.336 e. The number of carbonyl (C=O) groups is 2. The molecule has 1 aromatic heterocycles. The Labute approximate surface area is 228 Å². The second-order valence-corrected chi connectivity index (χ2v) is 8.77. The molecule has 1 aliphatic carbocycles. The Balaban J connectivity index is 1.69. The summed E-state index contributed by atoms with van der Waals surface area (Å²) in [5.41, 5.74) is 3.83. The topological polar surface area (TPSA) is 114 Å². The molecule has 0 spiro atoms. The lowest BCUT2D eigenvalue weighted by molar-refractivity contribution is 0.0696. The number of amides is 1. The van der Waals surface area contributed by atoms with Crippen LogP contribution < -0.4 is 10.1 Å². The maximum Gasteiger partial charge on any atom is 0.336 e. The number of nitrogens with zero attached hydrogens (tertiary/aromatic N) is 1. The number of allylic oxidation sites excluding steroid dienone is 8. The van der Waals surface area contributed by atoms with Gasteiger partial charge >= 0.3 is 5.97 Å². The number of hydrogen-bond acceptors (Lipinski definition) is 5. The number of hydrogen-bond donors (Lipinski definition) is 3. The number of H-pyrrole nitrogens is 1. The molecule has 200 valence electrons. The van der Waals surface area contributed by atoms with Crippen LogP contribution in [-0.4, -0.2) is 41.2 Å². The van der Waals surface area contributed by atoms with Crippen molar-refractivity contribution in [3.8, 4) is 5.75 Å². The summed E-state index contributed by atoms with van der Waals surface area (Å²) in [5, 5.41) is 12.8. The van der Waals surface area contributed by atoms with E-state index in [0.717, 1.165) is 5.76 Å². The van der Waals surface area contributed by atoms with Crippen LogP contribution in [0.2, 0.25) is 0 Å². The van der Waals surface area contributed by atoms with E-state index in [4.69, 9.17) is 21.1 Å². The third-order valence-corrected chi connectivity index (χ3v) is 6.30. The van der Waals surface area contributed by atoms with Crippen molar-refractivity contribution in [1.29, 1.82) is 0 Å². The van der Waals surface area contributed by atoms with Gasteiger partial charge in [0.1, 0.15) is 5.82 Å². The maximum absolute atomic E-state index is 14.2. The van der Waals surface area contributed by atoms with Crippen molar-refractivity contribution in [2.24, 2.45) is 0 Å². The number of rotatable bonds is 9. The highest BCUT2D eigenvalue weighted by Crippen LogP contribution is 2.33. The van der Waals surface area contributed by atoms with E-state index in [1.807, 2.05) is 0 Å². The van der Waals surface area contributed by atoms with Crippen molar-refractivity contribution < 1.29 is 28.6 Å². The summed E-state index contributed by atoms with van der Waals surface area (Å²) in [6.07, 6.45) is 7.89. The first-order valence-electron chi connectivity index (χ1n) is 11.8. The van der Waals surface area contributed by atoms with E-state index < -0.39 is 17.7 Å². The summed E-state index contributed by atoms with van der Waals surface area (Å²) in [6, 6.07) is 7.04. The number of carbonyl (C=O) groups excluding carboxylic acids is 1. The Bertz CT molecular complexity index is 1600. The van der Waals surface area contributed by atoms with Crippen LogP contribution in [0.25, 0.3) is 22.2 Å². The van der Waals surface area contributed by atoms with Gasteiger partial charge in [0.05, 0.1) is 36.6 Å². The summed E-state index contributed by atoms with van der Waals surface area (Å²) in [5.74, 6) is -1.09. The molecule has 10 heteroatoms. The van der Waals surface area contributed by atoms with E-state index >= 15 is 0 Å². The molecule has 3 aromatic rings. The maximum atomic E-state index is 14.2. The first-order chi connectivity index (χ1) is 18.7. The zero-order chi connectivity index (χ0) is 28.1. The number of carboxylic acid groups (broad SMARTS) is 1. The van der Waals surface area contributed by atoms with Gasteiger partial charge in [0.15, 0.2) is 11.6 Å². The van der Waals surface area contributed by atoms with Gasteiger partial charge in [-0.25, -0.2) is 14.2 Å². The molecule has 39 heavy (non-hydrogen) atoms. The normalized spacial score (nSPS) is 13.7. The fourth-order valence-electron chi connectivity index (χ4n) is 4.13. The lowest BCUT2D eigenvalue weighted by Crippen LogP contribution is -2.24. The molecule has 1 aliphatic rings. The van der Waals surface area contributed by atoms with Gasteiger partial charge in [-0.3, -0.25) is 4.79 Å². The summed E-state index contributed by atoms with van der Waals surface area (Å²) < 4.78 is 24.5. The summed E-state index contributed by atoms with van der Waals surface area (Å²) in [7, 11) is 2.94. The molecule has 0 radical (unpaired) electrons. The average molecular weight is 550 g/mol. The lowest BCUT2D eigenvalue weighted by atomic mass is 9.92. The number of aromatic nitrogens is 2. The zero-order valence-electron chi connectivity index (χ0n) is 21.2. The van der Waals surface area contributed by atoms with Gasteiger partial charge in [0.25, 0.3) is 5.91 Å². The number of imidazole rings is 1.